The van der Waals surface area contributed by atoms with E-state index in [2.05, 4.69) is 43.5 Å². The molecule has 0 radical (unpaired) electrons. The van der Waals surface area contributed by atoms with Crippen molar-refractivity contribution in [3.05, 3.63) is 36.5 Å². The molecule has 0 rings (SSSR count). The van der Waals surface area contributed by atoms with E-state index in [9.17, 15) is 24.5 Å². The summed E-state index contributed by atoms with van der Waals surface area (Å²) in [7, 11) is -4.39. The SMILES string of the molecule is CCCCC/C=C\C=C/CCCCCCC(O)CC(=O)NC(COP(=O)(O)OCCN)C(O)/C=C/CCCCCCCC. The summed E-state index contributed by atoms with van der Waals surface area (Å²) >= 11 is 0. The second-order valence-corrected chi connectivity index (χ2v) is 12.7. The van der Waals surface area contributed by atoms with E-state index in [0.29, 0.717) is 6.42 Å². The molecular formula is C33H63N2O7P. The van der Waals surface area contributed by atoms with Gasteiger partial charge in [-0.05, 0) is 44.9 Å². The first-order valence-corrected chi connectivity index (χ1v) is 18.2. The van der Waals surface area contributed by atoms with Crippen LogP contribution in [0.25, 0.3) is 0 Å². The van der Waals surface area contributed by atoms with Gasteiger partial charge in [-0.3, -0.25) is 13.8 Å². The van der Waals surface area contributed by atoms with E-state index in [1.165, 1.54) is 44.9 Å². The lowest BCUT2D eigenvalue weighted by Crippen LogP contribution is -2.46. The van der Waals surface area contributed by atoms with Crippen molar-refractivity contribution in [3.8, 4) is 0 Å². The lowest BCUT2D eigenvalue weighted by Gasteiger charge is -2.24. The molecule has 0 aliphatic heterocycles. The lowest BCUT2D eigenvalue weighted by molar-refractivity contribution is -0.124. The van der Waals surface area contributed by atoms with Gasteiger partial charge in [0.2, 0.25) is 5.91 Å². The second-order valence-electron chi connectivity index (χ2n) is 11.2. The highest BCUT2D eigenvalue weighted by Crippen LogP contribution is 2.43. The van der Waals surface area contributed by atoms with Crippen molar-refractivity contribution in [3.63, 3.8) is 0 Å². The van der Waals surface area contributed by atoms with Crippen LogP contribution in [0.1, 0.15) is 129 Å². The number of hydrogen-bond donors (Lipinski definition) is 5. The van der Waals surface area contributed by atoms with E-state index >= 15 is 0 Å². The number of allylic oxidation sites excluding steroid dienone is 5. The summed E-state index contributed by atoms with van der Waals surface area (Å²) in [5.41, 5.74) is 5.31. The van der Waals surface area contributed by atoms with Gasteiger partial charge in [0.05, 0.1) is 37.9 Å². The van der Waals surface area contributed by atoms with Gasteiger partial charge >= 0.3 is 7.82 Å². The van der Waals surface area contributed by atoms with Crippen LogP contribution in [0.3, 0.4) is 0 Å². The Morgan fingerprint density at radius 3 is 1.98 bits per heavy atom. The quantitative estimate of drug-likeness (QED) is 0.0246. The zero-order chi connectivity index (χ0) is 32.0. The number of carbonyl (C=O) groups excluding carboxylic acids is 1. The normalized spacial score (nSPS) is 15.8. The first-order chi connectivity index (χ1) is 20.8. The van der Waals surface area contributed by atoms with Gasteiger partial charge < -0.3 is 26.2 Å². The topological polar surface area (TPSA) is 151 Å². The van der Waals surface area contributed by atoms with Crippen molar-refractivity contribution in [2.75, 3.05) is 19.8 Å². The molecule has 0 spiro atoms. The average Bonchev–Trinajstić information content (AvgIpc) is 2.97. The molecule has 4 atom stereocenters. The smallest absolute Gasteiger partial charge is 0.393 e. The standard InChI is InChI=1S/C33H63N2O7P/c1-3-5-7-9-11-13-14-15-16-17-18-20-22-24-30(36)28-33(38)35-31(29-42-43(39,40)41-27-26-34)32(37)25-23-21-19-12-10-8-6-4-2/h11,13-15,23,25,30-32,36-37H,3-10,12,16-22,24,26-29,34H2,1-2H3,(H,35,38)(H,39,40)/b13-11-,15-14-,25-23+. The van der Waals surface area contributed by atoms with Crippen LogP contribution in [0.2, 0.25) is 0 Å². The predicted molar refractivity (Wildman–Crippen MR) is 177 cm³/mol. The largest absolute Gasteiger partial charge is 0.472 e. The van der Waals surface area contributed by atoms with Crippen LogP contribution in [-0.4, -0.2) is 59.0 Å². The maximum atomic E-state index is 12.6. The molecule has 0 aliphatic carbocycles. The number of hydrogen-bond acceptors (Lipinski definition) is 7. The van der Waals surface area contributed by atoms with Crippen molar-refractivity contribution >= 4 is 13.7 Å². The Morgan fingerprint density at radius 2 is 1.35 bits per heavy atom. The molecule has 9 nitrogen and oxygen atoms in total. The van der Waals surface area contributed by atoms with Crippen LogP contribution in [0.4, 0.5) is 0 Å². The van der Waals surface area contributed by atoms with Gasteiger partial charge in [-0.2, -0.15) is 0 Å². The summed E-state index contributed by atoms with van der Waals surface area (Å²) in [6.07, 6.45) is 28.1. The molecule has 0 heterocycles. The summed E-state index contributed by atoms with van der Waals surface area (Å²) in [6.45, 7) is 3.84. The minimum absolute atomic E-state index is 0.0453. The van der Waals surface area contributed by atoms with Gasteiger partial charge in [-0.1, -0.05) is 115 Å². The number of rotatable bonds is 30. The molecule has 0 saturated heterocycles. The maximum Gasteiger partial charge on any atom is 0.472 e. The molecule has 0 saturated carbocycles. The third kappa shape index (κ3) is 27.9. The van der Waals surface area contributed by atoms with Gasteiger partial charge in [0.25, 0.3) is 0 Å². The van der Waals surface area contributed by atoms with Crippen LogP contribution in [0.15, 0.2) is 36.5 Å². The summed E-state index contributed by atoms with van der Waals surface area (Å²) in [6, 6.07) is -0.985. The van der Waals surface area contributed by atoms with Crippen molar-refractivity contribution < 1.29 is 33.5 Å². The molecule has 252 valence electrons. The fraction of sp³-hybridized carbons (Fsp3) is 0.788. The van der Waals surface area contributed by atoms with E-state index in [1.807, 2.05) is 6.08 Å². The molecule has 10 heteroatoms. The summed E-state index contributed by atoms with van der Waals surface area (Å²) in [5.74, 6) is -0.465. The zero-order valence-electron chi connectivity index (χ0n) is 27.0. The number of nitrogens with two attached hydrogens (primary N) is 1. The maximum absolute atomic E-state index is 12.6. The second kappa shape index (κ2) is 29.4. The van der Waals surface area contributed by atoms with Crippen LogP contribution in [0.5, 0.6) is 0 Å². The Hall–Kier alpha value is -1.32. The molecule has 0 aromatic rings. The molecule has 43 heavy (non-hydrogen) atoms. The van der Waals surface area contributed by atoms with Crippen LogP contribution in [-0.2, 0) is 18.4 Å². The third-order valence-electron chi connectivity index (χ3n) is 7.04. The van der Waals surface area contributed by atoms with E-state index in [0.717, 1.165) is 57.8 Å². The Morgan fingerprint density at radius 1 is 0.814 bits per heavy atom. The number of nitrogens with one attached hydrogen (secondary N) is 1. The summed E-state index contributed by atoms with van der Waals surface area (Å²) in [4.78, 5) is 22.5. The van der Waals surface area contributed by atoms with Gasteiger partial charge in [0, 0.05) is 6.54 Å². The molecule has 0 aromatic carbocycles. The van der Waals surface area contributed by atoms with Crippen LogP contribution < -0.4 is 11.1 Å². The first kappa shape index (κ1) is 41.7. The van der Waals surface area contributed by atoms with Crippen molar-refractivity contribution in [1.29, 1.82) is 0 Å². The Bertz CT molecular complexity index is 791. The van der Waals surface area contributed by atoms with Gasteiger partial charge in [0.15, 0.2) is 0 Å². The fourth-order valence-corrected chi connectivity index (χ4v) is 5.22. The zero-order valence-corrected chi connectivity index (χ0v) is 27.9. The minimum atomic E-state index is -4.39. The molecule has 6 N–H and O–H groups in total. The first-order valence-electron chi connectivity index (χ1n) is 16.7. The fourth-order valence-electron chi connectivity index (χ4n) is 4.46. The Labute approximate surface area is 262 Å². The number of unbranched alkanes of at least 4 members (excludes halogenated alkanes) is 13. The van der Waals surface area contributed by atoms with E-state index < -0.39 is 38.6 Å². The summed E-state index contributed by atoms with van der Waals surface area (Å²) in [5, 5.41) is 23.7. The van der Waals surface area contributed by atoms with Crippen molar-refractivity contribution in [2.45, 2.75) is 148 Å². The average molecular weight is 631 g/mol. The lowest BCUT2D eigenvalue weighted by atomic mass is 10.0. The molecule has 0 bridgehead atoms. The number of phosphoric ester groups is 1. The third-order valence-corrected chi connectivity index (χ3v) is 8.03. The number of amides is 1. The number of phosphoric acid groups is 1. The Balaban J connectivity index is 4.52. The van der Waals surface area contributed by atoms with E-state index in [-0.39, 0.29) is 19.6 Å². The molecule has 0 aromatic heterocycles. The van der Waals surface area contributed by atoms with E-state index in [4.69, 9.17) is 14.8 Å². The Kier molecular flexibility index (Phi) is 28.5. The number of carbonyl (C=O) groups is 1. The predicted octanol–water partition coefficient (Wildman–Crippen LogP) is 7.02. The summed E-state index contributed by atoms with van der Waals surface area (Å²) < 4.78 is 21.8. The molecule has 1 amide bonds. The van der Waals surface area contributed by atoms with Crippen LogP contribution >= 0.6 is 7.82 Å². The molecule has 4 unspecified atom stereocenters. The molecular weight excluding hydrogens is 567 g/mol. The molecule has 0 aliphatic rings. The highest BCUT2D eigenvalue weighted by atomic mass is 31.2. The monoisotopic (exact) mass is 630 g/mol. The van der Waals surface area contributed by atoms with E-state index in [1.54, 1.807) is 6.08 Å². The van der Waals surface area contributed by atoms with Crippen molar-refractivity contribution in [2.24, 2.45) is 5.73 Å². The number of aliphatic hydroxyl groups excluding tert-OH is 2. The van der Waals surface area contributed by atoms with Gasteiger partial charge in [0.1, 0.15) is 0 Å². The van der Waals surface area contributed by atoms with Gasteiger partial charge in [-0.25, -0.2) is 4.57 Å². The highest BCUT2D eigenvalue weighted by molar-refractivity contribution is 7.47. The molecule has 0 fully saturated rings. The van der Waals surface area contributed by atoms with Crippen molar-refractivity contribution in [1.82, 2.24) is 5.32 Å². The van der Waals surface area contributed by atoms with Gasteiger partial charge in [-0.15, -0.1) is 0 Å². The van der Waals surface area contributed by atoms with Crippen LogP contribution in [0, 0.1) is 0 Å². The minimum Gasteiger partial charge on any atom is -0.393 e. The number of aliphatic hydroxyl groups is 2. The highest BCUT2D eigenvalue weighted by Gasteiger charge is 2.27.